The Morgan fingerprint density at radius 2 is 1.90 bits per heavy atom. The molecule has 4 nitrogen and oxygen atoms in total. The zero-order valence-corrected chi connectivity index (χ0v) is 12.8. The molecule has 0 aliphatic heterocycles. The van der Waals surface area contributed by atoms with Crippen LogP contribution in [0.2, 0.25) is 0 Å². The van der Waals surface area contributed by atoms with E-state index in [1.54, 1.807) is 6.92 Å². The van der Waals surface area contributed by atoms with Crippen molar-refractivity contribution in [2.45, 2.75) is 43.0 Å². The van der Waals surface area contributed by atoms with E-state index >= 15 is 0 Å². The van der Waals surface area contributed by atoms with Crippen LogP contribution in [0.25, 0.3) is 0 Å². The van der Waals surface area contributed by atoms with Crippen LogP contribution in [0.4, 0.5) is 8.78 Å². The molecule has 0 unspecified atom stereocenters. The maximum Gasteiger partial charge on any atom is 0.246 e. The molecule has 0 aromatic heterocycles. The third kappa shape index (κ3) is 2.82. The van der Waals surface area contributed by atoms with Crippen LogP contribution < -0.4 is 5.73 Å². The zero-order valence-electron chi connectivity index (χ0n) is 12.0. The van der Waals surface area contributed by atoms with Crippen molar-refractivity contribution >= 4 is 10.0 Å². The van der Waals surface area contributed by atoms with Gasteiger partial charge in [0.15, 0.2) is 0 Å². The van der Waals surface area contributed by atoms with Crippen LogP contribution in [0.15, 0.2) is 23.1 Å². The number of nitrogens with zero attached hydrogens (tertiary/aromatic N) is 1. The molecular weight excluding hydrogens is 298 g/mol. The summed E-state index contributed by atoms with van der Waals surface area (Å²) in [6.07, 6.45) is 3.06. The van der Waals surface area contributed by atoms with Gasteiger partial charge in [-0.25, -0.2) is 17.2 Å². The lowest BCUT2D eigenvalue weighted by Gasteiger charge is -2.38. The Morgan fingerprint density at radius 3 is 2.43 bits per heavy atom. The first-order valence-corrected chi connectivity index (χ1v) is 8.49. The zero-order chi connectivity index (χ0) is 15.7. The molecule has 1 saturated carbocycles. The van der Waals surface area contributed by atoms with E-state index in [0.29, 0.717) is 12.8 Å². The van der Waals surface area contributed by atoms with Gasteiger partial charge in [0, 0.05) is 18.6 Å². The van der Waals surface area contributed by atoms with Crippen molar-refractivity contribution in [3.05, 3.63) is 29.8 Å². The number of sulfonamides is 1. The highest BCUT2D eigenvalue weighted by Crippen LogP contribution is 2.38. The Morgan fingerprint density at radius 1 is 1.29 bits per heavy atom. The summed E-state index contributed by atoms with van der Waals surface area (Å²) in [6.45, 7) is 2.04. The highest BCUT2D eigenvalue weighted by molar-refractivity contribution is 7.89. The van der Waals surface area contributed by atoms with Gasteiger partial charge in [-0.1, -0.05) is 19.8 Å². The second-order valence-electron chi connectivity index (χ2n) is 5.38. The quantitative estimate of drug-likeness (QED) is 0.905. The minimum atomic E-state index is -4.12. The first kappa shape index (κ1) is 16.3. The van der Waals surface area contributed by atoms with E-state index in [0.717, 1.165) is 31.0 Å². The molecule has 0 spiro atoms. The molecule has 0 saturated heterocycles. The van der Waals surface area contributed by atoms with E-state index in [1.165, 1.54) is 4.31 Å². The van der Waals surface area contributed by atoms with Crippen molar-refractivity contribution in [1.82, 2.24) is 4.31 Å². The van der Waals surface area contributed by atoms with Gasteiger partial charge < -0.3 is 5.73 Å². The van der Waals surface area contributed by atoms with E-state index in [-0.39, 0.29) is 13.1 Å². The average molecular weight is 318 g/mol. The van der Waals surface area contributed by atoms with Gasteiger partial charge in [-0.15, -0.1) is 0 Å². The number of nitrogens with two attached hydrogens (primary N) is 1. The van der Waals surface area contributed by atoms with Crippen LogP contribution >= 0.6 is 0 Å². The largest absolute Gasteiger partial charge is 0.329 e. The first-order chi connectivity index (χ1) is 9.87. The summed E-state index contributed by atoms with van der Waals surface area (Å²) < 4.78 is 53.9. The Kier molecular flexibility index (Phi) is 4.65. The number of likely N-dealkylation sites (N-methyl/N-ethyl adjacent to an activating group) is 1. The molecule has 1 aliphatic rings. The Balaban J connectivity index is 2.52. The minimum absolute atomic E-state index is 0.176. The van der Waals surface area contributed by atoms with E-state index in [2.05, 4.69) is 0 Å². The highest BCUT2D eigenvalue weighted by atomic mass is 32.2. The summed E-state index contributed by atoms with van der Waals surface area (Å²) in [5, 5.41) is 0. The number of halogens is 2. The molecular formula is C14H20F2N2O2S. The van der Waals surface area contributed by atoms with Gasteiger partial charge in [-0.3, -0.25) is 0 Å². The lowest BCUT2D eigenvalue weighted by Crippen LogP contribution is -2.54. The molecule has 2 rings (SSSR count). The molecule has 1 aromatic rings. The van der Waals surface area contributed by atoms with Crippen LogP contribution in [-0.2, 0) is 10.0 Å². The van der Waals surface area contributed by atoms with Gasteiger partial charge in [0.2, 0.25) is 10.0 Å². The Hall–Kier alpha value is -1.05. The molecule has 1 aromatic carbocycles. The summed E-state index contributed by atoms with van der Waals surface area (Å²) in [4.78, 5) is -0.621. The van der Waals surface area contributed by atoms with Crippen molar-refractivity contribution < 1.29 is 17.2 Å². The summed E-state index contributed by atoms with van der Waals surface area (Å²) in [7, 11) is -4.12. The lowest BCUT2D eigenvalue weighted by atomic mass is 9.98. The molecule has 7 heteroatoms. The number of rotatable bonds is 5. The summed E-state index contributed by atoms with van der Waals surface area (Å²) in [6, 6.07) is 2.46. The van der Waals surface area contributed by atoms with Crippen molar-refractivity contribution in [3.63, 3.8) is 0 Å². The Bertz CT molecular complexity index is 613. The van der Waals surface area contributed by atoms with Crippen molar-refractivity contribution in [2.24, 2.45) is 5.73 Å². The van der Waals surface area contributed by atoms with Gasteiger partial charge in [0.25, 0.3) is 0 Å². The standard InChI is InChI=1S/C14H20F2N2O2S/c1-2-18(14(10-17)7-3-4-8-14)21(19,20)13-9-11(15)5-6-12(13)16/h5-6,9H,2-4,7-8,10,17H2,1H3. The predicted molar refractivity (Wildman–Crippen MR) is 76.2 cm³/mol. The van der Waals surface area contributed by atoms with Crippen molar-refractivity contribution in [3.8, 4) is 0 Å². The normalized spacial score (nSPS) is 18.3. The third-order valence-corrected chi connectivity index (χ3v) is 6.29. The highest BCUT2D eigenvalue weighted by Gasteiger charge is 2.44. The molecule has 0 heterocycles. The molecule has 21 heavy (non-hydrogen) atoms. The lowest BCUT2D eigenvalue weighted by molar-refractivity contribution is 0.204. The SMILES string of the molecule is CCN(C1(CN)CCCC1)S(=O)(=O)c1cc(F)ccc1F. The smallest absolute Gasteiger partial charge is 0.246 e. The molecule has 0 atom stereocenters. The fourth-order valence-electron chi connectivity index (χ4n) is 3.14. The van der Waals surface area contributed by atoms with Gasteiger partial charge in [0.1, 0.15) is 16.5 Å². The summed E-state index contributed by atoms with van der Waals surface area (Å²) >= 11 is 0. The summed E-state index contributed by atoms with van der Waals surface area (Å²) in [5.41, 5.74) is 5.13. The van der Waals surface area contributed by atoms with Crippen LogP contribution in [0.3, 0.4) is 0 Å². The second-order valence-corrected chi connectivity index (χ2v) is 7.21. The van der Waals surface area contributed by atoms with Crippen LogP contribution in [0.5, 0.6) is 0 Å². The van der Waals surface area contributed by atoms with E-state index < -0.39 is 32.1 Å². The number of benzene rings is 1. The second kappa shape index (κ2) is 5.98. The fraction of sp³-hybridized carbons (Fsp3) is 0.571. The van der Waals surface area contributed by atoms with Crippen LogP contribution in [0, 0.1) is 11.6 Å². The average Bonchev–Trinajstić information content (AvgIpc) is 2.91. The fourth-order valence-corrected chi connectivity index (χ4v) is 5.06. The van der Waals surface area contributed by atoms with Gasteiger partial charge >= 0.3 is 0 Å². The third-order valence-electron chi connectivity index (χ3n) is 4.19. The van der Waals surface area contributed by atoms with Crippen LogP contribution in [0.1, 0.15) is 32.6 Å². The van der Waals surface area contributed by atoms with Gasteiger partial charge in [-0.05, 0) is 31.0 Å². The topological polar surface area (TPSA) is 63.4 Å². The monoisotopic (exact) mass is 318 g/mol. The minimum Gasteiger partial charge on any atom is -0.329 e. The van der Waals surface area contributed by atoms with Gasteiger partial charge in [0.05, 0.1) is 0 Å². The number of hydrogen-bond donors (Lipinski definition) is 1. The molecule has 118 valence electrons. The maximum atomic E-state index is 13.9. The molecule has 1 aliphatic carbocycles. The van der Waals surface area contributed by atoms with Crippen molar-refractivity contribution in [1.29, 1.82) is 0 Å². The van der Waals surface area contributed by atoms with Gasteiger partial charge in [-0.2, -0.15) is 4.31 Å². The molecule has 2 N–H and O–H groups in total. The van der Waals surface area contributed by atoms with E-state index in [1.807, 2.05) is 0 Å². The van der Waals surface area contributed by atoms with Crippen molar-refractivity contribution in [2.75, 3.05) is 13.1 Å². The summed E-state index contributed by atoms with van der Waals surface area (Å²) in [5.74, 6) is -1.72. The molecule has 0 bridgehead atoms. The van der Waals surface area contributed by atoms with E-state index in [4.69, 9.17) is 5.73 Å². The number of hydrogen-bond acceptors (Lipinski definition) is 3. The molecule has 0 radical (unpaired) electrons. The first-order valence-electron chi connectivity index (χ1n) is 7.05. The Labute approximate surface area is 124 Å². The van der Waals surface area contributed by atoms with Crippen LogP contribution in [-0.4, -0.2) is 31.4 Å². The predicted octanol–water partition coefficient (Wildman–Crippen LogP) is 2.25. The molecule has 0 amide bonds. The molecule has 1 fully saturated rings. The maximum absolute atomic E-state index is 13.9. The van der Waals surface area contributed by atoms with E-state index in [9.17, 15) is 17.2 Å².